The molecule has 2 unspecified atom stereocenters. The normalized spacial score (nSPS) is 39.1. The van der Waals surface area contributed by atoms with Crippen molar-refractivity contribution in [3.05, 3.63) is 10.4 Å². The summed E-state index contributed by atoms with van der Waals surface area (Å²) in [4.78, 5) is 2.53. The Kier molecular flexibility index (Phi) is 4.94. The van der Waals surface area contributed by atoms with Crippen LogP contribution in [0.25, 0.3) is 10.4 Å². The molecule has 0 amide bonds. The zero-order valence-electron chi connectivity index (χ0n) is 8.80. The van der Waals surface area contributed by atoms with Crippen LogP contribution in [0.3, 0.4) is 0 Å². The van der Waals surface area contributed by atoms with Gasteiger partial charge >= 0.3 is 0 Å². The minimum absolute atomic E-state index is 0.0708. The lowest BCUT2D eigenvalue weighted by Gasteiger charge is -2.38. The van der Waals surface area contributed by atoms with Crippen LogP contribution in [0.5, 0.6) is 0 Å². The van der Waals surface area contributed by atoms with Gasteiger partial charge in [0.1, 0.15) is 18.3 Å². The summed E-state index contributed by atoms with van der Waals surface area (Å²) in [5.74, 6) is 0. The van der Waals surface area contributed by atoms with Crippen LogP contribution in [0.15, 0.2) is 5.11 Å². The summed E-state index contributed by atoms with van der Waals surface area (Å²) in [5, 5.41) is 31.6. The topological polar surface area (TPSA) is 128 Å². The van der Waals surface area contributed by atoms with Crippen molar-refractivity contribution in [3.63, 3.8) is 0 Å². The molecular weight excluding hydrogens is 218 g/mol. The van der Waals surface area contributed by atoms with Gasteiger partial charge in [0.2, 0.25) is 0 Å². The smallest absolute Gasteiger partial charge is 0.186 e. The Bertz CT molecular complexity index is 270. The molecule has 92 valence electrons. The Morgan fingerprint density at radius 3 is 2.62 bits per heavy atom. The molecule has 1 aliphatic heterocycles. The van der Waals surface area contributed by atoms with Crippen molar-refractivity contribution in [2.45, 2.75) is 37.6 Å². The van der Waals surface area contributed by atoms with Crippen molar-refractivity contribution in [1.82, 2.24) is 0 Å². The lowest BCUT2D eigenvalue weighted by atomic mass is 10.0. The second-order valence-electron chi connectivity index (χ2n) is 3.51. The van der Waals surface area contributed by atoms with E-state index in [1.54, 1.807) is 6.92 Å². The van der Waals surface area contributed by atoms with E-state index in [1.807, 2.05) is 0 Å². The van der Waals surface area contributed by atoms with Gasteiger partial charge in [0.25, 0.3) is 0 Å². The SMILES string of the molecule is C[C@@H]1OC(OCCN=[N+]=[N-])[C@@H](O)C(O)[C@H]1O. The third kappa shape index (κ3) is 3.05. The molecule has 0 bridgehead atoms. The van der Waals surface area contributed by atoms with E-state index in [-0.39, 0.29) is 13.2 Å². The molecule has 0 aliphatic carbocycles. The van der Waals surface area contributed by atoms with Gasteiger partial charge in [0, 0.05) is 11.5 Å². The third-order valence-corrected chi connectivity index (χ3v) is 2.35. The summed E-state index contributed by atoms with van der Waals surface area (Å²) >= 11 is 0. The van der Waals surface area contributed by atoms with Gasteiger partial charge in [-0.25, -0.2) is 0 Å². The van der Waals surface area contributed by atoms with Gasteiger partial charge in [-0.2, -0.15) is 0 Å². The number of aliphatic hydroxyl groups is 3. The molecule has 0 spiro atoms. The van der Waals surface area contributed by atoms with Crippen molar-refractivity contribution in [2.75, 3.05) is 13.2 Å². The third-order valence-electron chi connectivity index (χ3n) is 2.35. The van der Waals surface area contributed by atoms with Crippen molar-refractivity contribution in [2.24, 2.45) is 5.11 Å². The van der Waals surface area contributed by atoms with E-state index in [0.29, 0.717) is 0 Å². The first-order valence-electron chi connectivity index (χ1n) is 4.90. The molecule has 0 saturated carbocycles. The fraction of sp³-hybridized carbons (Fsp3) is 1.00. The van der Waals surface area contributed by atoms with E-state index < -0.39 is 30.7 Å². The number of ether oxygens (including phenoxy) is 2. The van der Waals surface area contributed by atoms with Crippen molar-refractivity contribution in [3.8, 4) is 0 Å². The zero-order valence-corrected chi connectivity index (χ0v) is 8.80. The van der Waals surface area contributed by atoms with E-state index in [4.69, 9.17) is 15.0 Å². The molecule has 16 heavy (non-hydrogen) atoms. The van der Waals surface area contributed by atoms with Gasteiger partial charge in [-0.3, -0.25) is 0 Å². The number of nitrogens with zero attached hydrogens (tertiary/aromatic N) is 3. The summed E-state index contributed by atoms with van der Waals surface area (Å²) in [6.07, 6.45) is -5.44. The van der Waals surface area contributed by atoms with Crippen LogP contribution in [0, 0.1) is 0 Å². The summed E-state index contributed by atoms with van der Waals surface area (Å²) in [7, 11) is 0. The molecule has 0 radical (unpaired) electrons. The fourth-order valence-electron chi connectivity index (χ4n) is 1.41. The maximum absolute atomic E-state index is 9.52. The van der Waals surface area contributed by atoms with Crippen LogP contribution in [-0.2, 0) is 9.47 Å². The number of rotatable bonds is 4. The minimum Gasteiger partial charge on any atom is -0.388 e. The molecule has 1 saturated heterocycles. The summed E-state index contributed by atoms with van der Waals surface area (Å²) < 4.78 is 10.2. The van der Waals surface area contributed by atoms with Gasteiger partial charge in [0.05, 0.1) is 12.7 Å². The van der Waals surface area contributed by atoms with Gasteiger partial charge in [-0.15, -0.1) is 0 Å². The number of azide groups is 1. The summed E-state index contributed by atoms with van der Waals surface area (Å²) in [5.41, 5.74) is 8.02. The highest BCUT2D eigenvalue weighted by atomic mass is 16.7. The number of aliphatic hydroxyl groups excluding tert-OH is 3. The molecule has 5 atom stereocenters. The van der Waals surface area contributed by atoms with E-state index in [1.165, 1.54) is 0 Å². The Hall–Kier alpha value is -0.890. The predicted molar refractivity (Wildman–Crippen MR) is 52.3 cm³/mol. The van der Waals surface area contributed by atoms with Crippen LogP contribution in [0.1, 0.15) is 6.92 Å². The Balaban J connectivity index is 2.44. The minimum atomic E-state index is -1.32. The molecule has 0 aromatic heterocycles. The molecule has 0 aromatic rings. The van der Waals surface area contributed by atoms with Crippen molar-refractivity contribution < 1.29 is 24.8 Å². The largest absolute Gasteiger partial charge is 0.388 e. The number of hydrogen-bond acceptors (Lipinski definition) is 6. The first-order chi connectivity index (χ1) is 7.57. The van der Waals surface area contributed by atoms with E-state index in [9.17, 15) is 15.3 Å². The Morgan fingerprint density at radius 2 is 2.00 bits per heavy atom. The van der Waals surface area contributed by atoms with E-state index >= 15 is 0 Å². The quantitative estimate of drug-likeness (QED) is 0.252. The van der Waals surface area contributed by atoms with Gasteiger partial charge in [0.15, 0.2) is 6.29 Å². The average molecular weight is 233 g/mol. The van der Waals surface area contributed by atoms with Crippen LogP contribution in [-0.4, -0.2) is 59.2 Å². The highest BCUT2D eigenvalue weighted by Crippen LogP contribution is 2.21. The number of hydrogen-bond donors (Lipinski definition) is 3. The Morgan fingerprint density at radius 1 is 1.31 bits per heavy atom. The summed E-state index contributed by atoms with van der Waals surface area (Å²) in [6.45, 7) is 1.74. The molecule has 1 heterocycles. The lowest BCUT2D eigenvalue weighted by molar-refractivity contribution is -0.292. The predicted octanol–water partition coefficient (Wildman–Crippen LogP) is -0.859. The molecular formula is C8H15N3O5. The second-order valence-corrected chi connectivity index (χ2v) is 3.51. The zero-order chi connectivity index (χ0) is 12.1. The molecule has 1 aliphatic rings. The van der Waals surface area contributed by atoms with Crippen LogP contribution in [0.4, 0.5) is 0 Å². The first kappa shape index (κ1) is 13.2. The summed E-state index contributed by atoms with van der Waals surface area (Å²) in [6, 6.07) is 0. The molecule has 1 rings (SSSR count). The highest BCUT2D eigenvalue weighted by molar-refractivity contribution is 4.87. The van der Waals surface area contributed by atoms with Crippen molar-refractivity contribution >= 4 is 0 Å². The Labute approximate surface area is 92.0 Å². The molecule has 8 heteroatoms. The van der Waals surface area contributed by atoms with Gasteiger partial charge < -0.3 is 24.8 Å². The van der Waals surface area contributed by atoms with Crippen molar-refractivity contribution in [1.29, 1.82) is 0 Å². The maximum Gasteiger partial charge on any atom is 0.186 e. The molecule has 1 fully saturated rings. The first-order valence-corrected chi connectivity index (χ1v) is 4.90. The monoisotopic (exact) mass is 233 g/mol. The molecule has 3 N–H and O–H groups in total. The van der Waals surface area contributed by atoms with Crippen LogP contribution < -0.4 is 0 Å². The van der Waals surface area contributed by atoms with E-state index in [0.717, 1.165) is 0 Å². The lowest BCUT2D eigenvalue weighted by Crippen LogP contribution is -2.57. The van der Waals surface area contributed by atoms with E-state index in [2.05, 4.69) is 10.0 Å². The fourth-order valence-corrected chi connectivity index (χ4v) is 1.41. The standard InChI is InChI=1S/C8H15N3O5/c1-4-5(12)6(13)7(14)8(16-4)15-3-2-10-11-9/h4-8,12-14H,2-3H2,1H3/t4-,5-,6?,7-,8?/m0/s1. The average Bonchev–Trinajstić information content (AvgIpc) is 2.28. The van der Waals surface area contributed by atoms with Crippen LogP contribution >= 0.6 is 0 Å². The van der Waals surface area contributed by atoms with Gasteiger partial charge in [-0.1, -0.05) is 5.11 Å². The maximum atomic E-state index is 9.52. The van der Waals surface area contributed by atoms with Crippen LogP contribution in [0.2, 0.25) is 0 Å². The molecule has 8 nitrogen and oxygen atoms in total. The second kappa shape index (κ2) is 6.00. The molecule has 0 aromatic carbocycles. The highest BCUT2D eigenvalue weighted by Gasteiger charge is 2.42. The van der Waals surface area contributed by atoms with Gasteiger partial charge in [-0.05, 0) is 12.5 Å².